The number of aliphatic hydroxyl groups excluding tert-OH is 3. The van der Waals surface area contributed by atoms with Crippen LogP contribution in [0.1, 0.15) is 46.5 Å². The summed E-state index contributed by atoms with van der Waals surface area (Å²) in [6.07, 6.45) is 2.44. The molecule has 0 spiro atoms. The lowest BCUT2D eigenvalue weighted by molar-refractivity contribution is -0.136. The molecule has 2 fully saturated rings. The van der Waals surface area contributed by atoms with Crippen molar-refractivity contribution in [3.63, 3.8) is 0 Å². The van der Waals surface area contributed by atoms with Gasteiger partial charge >= 0.3 is 0 Å². The lowest BCUT2D eigenvalue weighted by atomic mass is 9.76. The Morgan fingerprint density at radius 1 is 1.00 bits per heavy atom. The summed E-state index contributed by atoms with van der Waals surface area (Å²) >= 11 is 0. The number of aliphatic hydroxyl groups is 3. The van der Waals surface area contributed by atoms with Gasteiger partial charge in [-0.25, -0.2) is 0 Å². The fourth-order valence-corrected chi connectivity index (χ4v) is 3.85. The molecule has 4 nitrogen and oxygen atoms in total. The molecule has 2 aliphatic rings. The molecule has 1 aliphatic heterocycles. The van der Waals surface area contributed by atoms with Crippen LogP contribution in [0.15, 0.2) is 0 Å². The SMILES string of the molecule is CC(C)[C@H]1CC[C@H](CN2C[C@H](O)[C@@H](O)[C@H](O)[C@H]2C)CC1. The Bertz CT molecular complexity index is 302. The summed E-state index contributed by atoms with van der Waals surface area (Å²) in [5, 5.41) is 29.5. The van der Waals surface area contributed by atoms with Gasteiger partial charge in [-0.15, -0.1) is 0 Å². The van der Waals surface area contributed by atoms with Crippen molar-refractivity contribution in [2.24, 2.45) is 17.8 Å². The molecule has 0 aromatic carbocycles. The minimum Gasteiger partial charge on any atom is -0.389 e. The standard InChI is InChI=1S/C16H31NO3/c1-10(2)13-6-4-12(5-7-13)8-17-9-14(18)16(20)15(19)11(17)3/h10-16,18-20H,4-9H2,1-3H3/t11-,12-,13-,14+,15-,16-/m1/s1. The maximum atomic E-state index is 9.98. The first kappa shape index (κ1) is 16.2. The van der Waals surface area contributed by atoms with E-state index in [0.29, 0.717) is 12.5 Å². The van der Waals surface area contributed by atoms with Crippen LogP contribution in [0.2, 0.25) is 0 Å². The number of rotatable bonds is 3. The maximum absolute atomic E-state index is 9.98. The van der Waals surface area contributed by atoms with E-state index in [-0.39, 0.29) is 6.04 Å². The van der Waals surface area contributed by atoms with E-state index in [2.05, 4.69) is 18.7 Å². The van der Waals surface area contributed by atoms with Crippen LogP contribution in [0.4, 0.5) is 0 Å². The van der Waals surface area contributed by atoms with Crippen LogP contribution in [0, 0.1) is 17.8 Å². The molecule has 0 aromatic rings. The fourth-order valence-electron chi connectivity index (χ4n) is 3.85. The number of hydrogen-bond acceptors (Lipinski definition) is 4. The summed E-state index contributed by atoms with van der Waals surface area (Å²) in [7, 11) is 0. The molecule has 1 saturated carbocycles. The molecular formula is C16H31NO3. The number of nitrogens with zero attached hydrogens (tertiary/aromatic N) is 1. The third-order valence-corrected chi connectivity index (χ3v) is 5.56. The van der Waals surface area contributed by atoms with Gasteiger partial charge in [0.2, 0.25) is 0 Å². The Kier molecular flexibility index (Phi) is 5.46. The molecule has 0 bridgehead atoms. The second-order valence-corrected chi connectivity index (χ2v) is 7.27. The first-order chi connectivity index (χ1) is 9.40. The average Bonchev–Trinajstić information content (AvgIpc) is 2.43. The third-order valence-electron chi connectivity index (χ3n) is 5.56. The summed E-state index contributed by atoms with van der Waals surface area (Å²) in [6.45, 7) is 7.98. The van der Waals surface area contributed by atoms with E-state index < -0.39 is 18.3 Å². The summed E-state index contributed by atoms with van der Waals surface area (Å²) in [4.78, 5) is 2.16. The smallest absolute Gasteiger partial charge is 0.108 e. The van der Waals surface area contributed by atoms with Gasteiger partial charge in [-0.2, -0.15) is 0 Å². The van der Waals surface area contributed by atoms with E-state index in [4.69, 9.17) is 0 Å². The second-order valence-electron chi connectivity index (χ2n) is 7.27. The number of likely N-dealkylation sites (tertiary alicyclic amines) is 1. The molecule has 0 unspecified atom stereocenters. The van der Waals surface area contributed by atoms with Crippen LogP contribution < -0.4 is 0 Å². The predicted molar refractivity (Wildman–Crippen MR) is 79.3 cm³/mol. The van der Waals surface area contributed by atoms with E-state index in [1.807, 2.05) is 6.92 Å². The first-order valence-electron chi connectivity index (χ1n) is 8.18. The van der Waals surface area contributed by atoms with Crippen LogP contribution >= 0.6 is 0 Å². The Labute approximate surface area is 122 Å². The third kappa shape index (κ3) is 3.53. The normalized spacial score (nSPS) is 44.0. The van der Waals surface area contributed by atoms with Crippen molar-refractivity contribution < 1.29 is 15.3 Å². The van der Waals surface area contributed by atoms with Crippen LogP contribution in [-0.2, 0) is 0 Å². The highest BCUT2D eigenvalue weighted by atomic mass is 16.4. The van der Waals surface area contributed by atoms with Gasteiger partial charge in [0, 0.05) is 19.1 Å². The molecule has 1 saturated heterocycles. The molecule has 1 heterocycles. The second kappa shape index (κ2) is 6.73. The first-order valence-corrected chi connectivity index (χ1v) is 8.18. The van der Waals surface area contributed by atoms with Gasteiger partial charge in [0.15, 0.2) is 0 Å². The quantitative estimate of drug-likeness (QED) is 0.730. The summed E-state index contributed by atoms with van der Waals surface area (Å²) in [5.74, 6) is 2.31. The van der Waals surface area contributed by atoms with Crippen molar-refractivity contribution in [2.45, 2.75) is 70.8 Å². The average molecular weight is 285 g/mol. The predicted octanol–water partition coefficient (Wildman–Crippen LogP) is 1.24. The highest BCUT2D eigenvalue weighted by molar-refractivity contribution is 4.93. The Morgan fingerprint density at radius 3 is 2.15 bits per heavy atom. The molecule has 2 rings (SSSR count). The fraction of sp³-hybridized carbons (Fsp3) is 1.00. The summed E-state index contributed by atoms with van der Waals surface area (Å²) in [6, 6.07) is -0.0729. The van der Waals surface area contributed by atoms with Crippen LogP contribution in [0.25, 0.3) is 0 Å². The monoisotopic (exact) mass is 285 g/mol. The van der Waals surface area contributed by atoms with Crippen LogP contribution in [-0.4, -0.2) is 57.7 Å². The number of piperidine rings is 1. The van der Waals surface area contributed by atoms with Crippen molar-refractivity contribution in [3.8, 4) is 0 Å². The van der Waals surface area contributed by atoms with Gasteiger partial charge < -0.3 is 15.3 Å². The minimum atomic E-state index is -1.00. The minimum absolute atomic E-state index is 0.0729. The maximum Gasteiger partial charge on any atom is 0.108 e. The molecule has 0 radical (unpaired) electrons. The molecule has 118 valence electrons. The largest absolute Gasteiger partial charge is 0.389 e. The van der Waals surface area contributed by atoms with Crippen molar-refractivity contribution in [3.05, 3.63) is 0 Å². The molecule has 0 amide bonds. The van der Waals surface area contributed by atoms with Gasteiger partial charge in [0.25, 0.3) is 0 Å². The van der Waals surface area contributed by atoms with Gasteiger partial charge in [-0.1, -0.05) is 13.8 Å². The lowest BCUT2D eigenvalue weighted by Gasteiger charge is -2.44. The molecule has 0 aromatic heterocycles. The van der Waals surface area contributed by atoms with Crippen LogP contribution in [0.3, 0.4) is 0 Å². The van der Waals surface area contributed by atoms with Gasteiger partial charge in [-0.3, -0.25) is 4.90 Å². The number of hydrogen-bond donors (Lipinski definition) is 3. The highest BCUT2D eigenvalue weighted by Crippen LogP contribution is 2.34. The summed E-state index contributed by atoms with van der Waals surface area (Å²) in [5.41, 5.74) is 0. The van der Waals surface area contributed by atoms with E-state index >= 15 is 0 Å². The van der Waals surface area contributed by atoms with Gasteiger partial charge in [0.05, 0.1) is 12.2 Å². The molecule has 1 aliphatic carbocycles. The van der Waals surface area contributed by atoms with E-state index in [1.165, 1.54) is 25.7 Å². The Hall–Kier alpha value is -0.160. The Balaban J connectivity index is 1.85. The molecule has 4 atom stereocenters. The lowest BCUT2D eigenvalue weighted by Crippen LogP contribution is -2.60. The van der Waals surface area contributed by atoms with E-state index in [0.717, 1.165) is 18.4 Å². The van der Waals surface area contributed by atoms with Crippen molar-refractivity contribution in [1.29, 1.82) is 0 Å². The van der Waals surface area contributed by atoms with Gasteiger partial charge in [-0.05, 0) is 50.4 Å². The topological polar surface area (TPSA) is 63.9 Å². The zero-order chi connectivity index (χ0) is 14.9. The van der Waals surface area contributed by atoms with Crippen molar-refractivity contribution in [1.82, 2.24) is 4.90 Å². The van der Waals surface area contributed by atoms with Crippen LogP contribution in [0.5, 0.6) is 0 Å². The zero-order valence-electron chi connectivity index (χ0n) is 13.1. The molecule has 3 N–H and O–H groups in total. The van der Waals surface area contributed by atoms with Gasteiger partial charge in [0.1, 0.15) is 6.10 Å². The van der Waals surface area contributed by atoms with E-state index in [1.54, 1.807) is 0 Å². The Morgan fingerprint density at radius 2 is 1.60 bits per heavy atom. The molecule has 20 heavy (non-hydrogen) atoms. The zero-order valence-corrected chi connectivity index (χ0v) is 13.1. The number of β-amino-alcohol motifs (C(OH)–C–C–N with tert-alkyl or cyclic N) is 1. The van der Waals surface area contributed by atoms with E-state index in [9.17, 15) is 15.3 Å². The summed E-state index contributed by atoms with van der Waals surface area (Å²) < 4.78 is 0. The highest BCUT2D eigenvalue weighted by Gasteiger charge is 2.39. The molecule has 4 heteroatoms. The van der Waals surface area contributed by atoms with Crippen molar-refractivity contribution in [2.75, 3.05) is 13.1 Å². The van der Waals surface area contributed by atoms with Crippen molar-refractivity contribution >= 4 is 0 Å². The molecular weight excluding hydrogens is 254 g/mol.